The van der Waals surface area contributed by atoms with Crippen molar-refractivity contribution in [1.29, 1.82) is 0 Å². The van der Waals surface area contributed by atoms with Gasteiger partial charge in [0.05, 0.1) is 5.75 Å². The topological polar surface area (TPSA) is 51.2 Å². The molecule has 5 rings (SSSR count). The van der Waals surface area contributed by atoms with Crippen LogP contribution >= 0.6 is 0 Å². The van der Waals surface area contributed by atoms with Crippen LogP contribution in [0.1, 0.15) is 85.0 Å². The van der Waals surface area contributed by atoms with Gasteiger partial charge in [-0.3, -0.25) is 4.79 Å². The van der Waals surface area contributed by atoms with Crippen LogP contribution in [0.4, 0.5) is 0 Å². The smallest absolute Gasteiger partial charge is 0.164 e. The molecular weight excluding hydrogens is 416 g/mol. The van der Waals surface area contributed by atoms with Crippen molar-refractivity contribution in [1.82, 2.24) is 0 Å². The second-order valence-electron chi connectivity index (χ2n) is 11.9. The molecule has 0 radical (unpaired) electrons. The lowest BCUT2D eigenvalue weighted by Crippen LogP contribution is -2.36. The van der Waals surface area contributed by atoms with Crippen molar-refractivity contribution in [2.24, 2.45) is 35.0 Å². The zero-order chi connectivity index (χ0) is 22.7. The van der Waals surface area contributed by atoms with Gasteiger partial charge >= 0.3 is 0 Å². The van der Waals surface area contributed by atoms with Crippen molar-refractivity contribution in [3.05, 3.63) is 34.9 Å². The monoisotopic (exact) mass is 456 g/mol. The van der Waals surface area contributed by atoms with E-state index in [2.05, 4.69) is 32.9 Å². The van der Waals surface area contributed by atoms with Crippen LogP contribution in [0, 0.1) is 35.0 Å². The molecule has 1 aliphatic heterocycles. The number of ketones is 1. The molecule has 5 aliphatic rings. The molecule has 0 aromatic carbocycles. The first-order valence-electron chi connectivity index (χ1n) is 13.0. The van der Waals surface area contributed by atoms with Crippen LogP contribution in [-0.2, 0) is 14.6 Å². The number of sulfone groups is 1. The molecule has 0 N–H and O–H groups in total. The first-order chi connectivity index (χ1) is 15.2. The van der Waals surface area contributed by atoms with Crippen LogP contribution in [0.3, 0.4) is 0 Å². The predicted molar refractivity (Wildman–Crippen MR) is 130 cm³/mol. The first-order valence-corrected chi connectivity index (χ1v) is 14.8. The molecule has 1 heterocycles. The van der Waals surface area contributed by atoms with E-state index in [1.54, 1.807) is 0 Å². The Kier molecular flexibility index (Phi) is 5.83. The number of carbonyl (C=O) groups excluding carboxylic acids is 1. The molecule has 0 bridgehead atoms. The summed E-state index contributed by atoms with van der Waals surface area (Å²) in [5.41, 5.74) is 4.11. The molecule has 32 heavy (non-hydrogen) atoms. The number of rotatable bonds is 5. The van der Waals surface area contributed by atoms with Gasteiger partial charge < -0.3 is 0 Å². The van der Waals surface area contributed by atoms with Crippen molar-refractivity contribution < 1.29 is 13.2 Å². The Hall–Kier alpha value is -1.16. The Morgan fingerprint density at radius 2 is 1.91 bits per heavy atom. The van der Waals surface area contributed by atoms with Crippen LogP contribution in [0.2, 0.25) is 0 Å². The SMILES string of the molecule is C[C@H]1CCC2=C(C1)[C@H](/C=C1\CCC[C@@]3(C)[C@H]1CC[C@H]3[C@H](C)/C=C/C(=O)C1CC1)S(=O)(=O)C2. The quantitative estimate of drug-likeness (QED) is 0.365. The van der Waals surface area contributed by atoms with Crippen LogP contribution in [0.25, 0.3) is 0 Å². The third-order valence-electron chi connectivity index (χ3n) is 9.65. The van der Waals surface area contributed by atoms with Crippen molar-refractivity contribution in [2.75, 3.05) is 5.75 Å². The van der Waals surface area contributed by atoms with Gasteiger partial charge in [0.1, 0.15) is 5.25 Å². The molecule has 3 saturated carbocycles. The van der Waals surface area contributed by atoms with Crippen LogP contribution in [0.5, 0.6) is 0 Å². The lowest BCUT2D eigenvalue weighted by molar-refractivity contribution is -0.115. The summed E-state index contributed by atoms with van der Waals surface area (Å²) in [6.45, 7) is 7.00. The fourth-order valence-corrected chi connectivity index (χ4v) is 9.73. The van der Waals surface area contributed by atoms with E-state index in [1.807, 2.05) is 6.08 Å². The maximum Gasteiger partial charge on any atom is 0.164 e. The maximum atomic E-state index is 13.1. The van der Waals surface area contributed by atoms with Gasteiger partial charge in [0, 0.05) is 5.92 Å². The van der Waals surface area contributed by atoms with Crippen LogP contribution in [0.15, 0.2) is 34.9 Å². The molecule has 0 aromatic heterocycles. The molecule has 0 spiro atoms. The summed E-state index contributed by atoms with van der Waals surface area (Å²) in [5.74, 6) is 2.98. The Balaban J connectivity index is 1.38. The average Bonchev–Trinajstić information content (AvgIpc) is 3.48. The third-order valence-corrected chi connectivity index (χ3v) is 11.6. The number of hydrogen-bond acceptors (Lipinski definition) is 3. The minimum atomic E-state index is -3.09. The van der Waals surface area contributed by atoms with E-state index in [4.69, 9.17) is 0 Å². The number of allylic oxidation sites excluding steroid dienone is 3. The predicted octanol–water partition coefficient (Wildman–Crippen LogP) is 6.21. The minimum Gasteiger partial charge on any atom is -0.295 e. The lowest BCUT2D eigenvalue weighted by Gasteiger charge is -2.44. The molecule has 0 saturated heterocycles. The standard InChI is InChI=1S/C28H40O3S/c1-18-6-8-22-17-32(30,31)27(23(22)15-18)16-21-5-4-14-28(3)24(11-12-25(21)28)19(2)7-13-26(29)20-9-10-20/h7,13,16,18-20,24-25,27H,4-6,8-12,14-15,17H2,1-3H3/b13-7+,21-16+/t18-,19+,24-,25-,27-,28+/m0/s1. The van der Waals surface area contributed by atoms with Crippen molar-refractivity contribution >= 4 is 15.6 Å². The maximum absolute atomic E-state index is 13.1. The highest BCUT2D eigenvalue weighted by molar-refractivity contribution is 7.92. The van der Waals surface area contributed by atoms with E-state index in [0.717, 1.165) is 51.4 Å². The van der Waals surface area contributed by atoms with Crippen LogP contribution < -0.4 is 0 Å². The van der Waals surface area contributed by atoms with E-state index in [-0.39, 0.29) is 10.7 Å². The highest BCUT2D eigenvalue weighted by atomic mass is 32.2. The fourth-order valence-electron chi connectivity index (χ4n) is 7.66. The highest BCUT2D eigenvalue weighted by Gasteiger charge is 2.51. The summed E-state index contributed by atoms with van der Waals surface area (Å²) < 4.78 is 26.3. The molecule has 3 nitrogen and oxygen atoms in total. The van der Waals surface area contributed by atoms with Crippen molar-refractivity contribution in [3.8, 4) is 0 Å². The largest absolute Gasteiger partial charge is 0.295 e. The van der Waals surface area contributed by atoms with Crippen molar-refractivity contribution in [2.45, 2.75) is 90.2 Å². The minimum absolute atomic E-state index is 0.218. The van der Waals surface area contributed by atoms with E-state index >= 15 is 0 Å². The van der Waals surface area contributed by atoms with Gasteiger partial charge in [0.2, 0.25) is 0 Å². The zero-order valence-electron chi connectivity index (χ0n) is 20.1. The molecule has 4 aliphatic carbocycles. The number of carbonyl (C=O) groups is 1. The van der Waals surface area contributed by atoms with E-state index in [0.29, 0.717) is 41.1 Å². The highest BCUT2D eigenvalue weighted by Crippen LogP contribution is 2.60. The van der Waals surface area contributed by atoms with E-state index in [1.165, 1.54) is 29.6 Å². The molecule has 0 unspecified atom stereocenters. The Morgan fingerprint density at radius 1 is 1.12 bits per heavy atom. The summed E-state index contributed by atoms with van der Waals surface area (Å²) in [7, 11) is -3.09. The van der Waals surface area contributed by atoms with Gasteiger partial charge in [-0.05, 0) is 105 Å². The summed E-state index contributed by atoms with van der Waals surface area (Å²) in [5, 5.41) is -0.356. The lowest BCUT2D eigenvalue weighted by atomic mass is 9.61. The molecule has 176 valence electrons. The van der Waals surface area contributed by atoms with Gasteiger partial charge in [0.25, 0.3) is 0 Å². The molecule has 3 fully saturated rings. The number of hydrogen-bond donors (Lipinski definition) is 0. The molecule has 0 aromatic rings. The molecular formula is C28H40O3S. The summed E-state index contributed by atoms with van der Waals surface area (Å²) >= 11 is 0. The Labute approximate surface area is 194 Å². The van der Waals surface area contributed by atoms with Gasteiger partial charge in [-0.1, -0.05) is 44.1 Å². The summed E-state index contributed by atoms with van der Waals surface area (Å²) in [6.07, 6.45) is 17.2. The Morgan fingerprint density at radius 3 is 2.66 bits per heavy atom. The number of fused-ring (bicyclic) bond motifs is 1. The van der Waals surface area contributed by atoms with Gasteiger partial charge in [-0.25, -0.2) is 8.42 Å². The van der Waals surface area contributed by atoms with Gasteiger partial charge in [-0.15, -0.1) is 0 Å². The summed E-state index contributed by atoms with van der Waals surface area (Å²) in [4.78, 5) is 12.2. The Bertz CT molecular complexity index is 980. The molecule has 0 amide bonds. The van der Waals surface area contributed by atoms with E-state index < -0.39 is 9.84 Å². The third kappa shape index (κ3) is 3.99. The fraction of sp³-hybridized carbons (Fsp3) is 0.750. The molecule has 6 atom stereocenters. The van der Waals surface area contributed by atoms with Crippen molar-refractivity contribution in [3.63, 3.8) is 0 Å². The second kappa shape index (κ2) is 8.25. The average molecular weight is 457 g/mol. The van der Waals surface area contributed by atoms with Gasteiger partial charge in [0.15, 0.2) is 15.6 Å². The first kappa shape index (κ1) is 22.6. The van der Waals surface area contributed by atoms with Crippen LogP contribution in [-0.4, -0.2) is 25.2 Å². The molecule has 4 heteroatoms. The normalized spacial score (nSPS) is 41.2. The van der Waals surface area contributed by atoms with E-state index in [9.17, 15) is 13.2 Å². The zero-order valence-corrected chi connectivity index (χ0v) is 20.9. The second-order valence-corrected chi connectivity index (χ2v) is 14.1. The summed E-state index contributed by atoms with van der Waals surface area (Å²) in [6, 6.07) is 0. The van der Waals surface area contributed by atoms with Gasteiger partial charge in [-0.2, -0.15) is 0 Å².